The Morgan fingerprint density at radius 3 is 2.63 bits per heavy atom. The van der Waals surface area contributed by atoms with Crippen LogP contribution in [-0.4, -0.2) is 56.8 Å². The molecule has 0 bridgehead atoms. The third kappa shape index (κ3) is 3.33. The molecular formula is C13H21N3O2S. The Morgan fingerprint density at radius 1 is 1.32 bits per heavy atom. The molecule has 0 saturated carbocycles. The normalized spacial score (nSPS) is 21.7. The van der Waals surface area contributed by atoms with Gasteiger partial charge in [0.2, 0.25) is 0 Å². The smallest absolute Gasteiger partial charge is 0.281 e. The molecule has 1 fully saturated rings. The lowest BCUT2D eigenvalue weighted by molar-refractivity contribution is 0.252. The highest BCUT2D eigenvalue weighted by molar-refractivity contribution is 7.86. The Balaban J connectivity index is 2.17. The fourth-order valence-corrected chi connectivity index (χ4v) is 3.58. The molecule has 106 valence electrons. The Morgan fingerprint density at radius 2 is 2.00 bits per heavy atom. The molecule has 1 aromatic carbocycles. The zero-order chi connectivity index (χ0) is 13.9. The van der Waals surface area contributed by atoms with Crippen LogP contribution in [0, 0.1) is 0 Å². The number of rotatable bonds is 4. The topological polar surface area (TPSA) is 52.7 Å². The fourth-order valence-electron chi connectivity index (χ4n) is 2.32. The second-order valence-corrected chi connectivity index (χ2v) is 7.04. The molecule has 1 aliphatic heterocycles. The molecule has 0 aromatic heterocycles. The lowest BCUT2D eigenvalue weighted by Gasteiger charge is -2.36. The van der Waals surface area contributed by atoms with Crippen LogP contribution in [0.2, 0.25) is 0 Å². The van der Waals surface area contributed by atoms with Gasteiger partial charge in [-0.15, -0.1) is 0 Å². The Bertz CT molecular complexity index is 502. The SMILES string of the molecule is CN(C)S(=O)(=O)N1CCNCC1Cc1ccccc1. The van der Waals surface area contributed by atoms with Crippen molar-refractivity contribution in [2.24, 2.45) is 0 Å². The number of benzene rings is 1. The van der Waals surface area contributed by atoms with E-state index in [9.17, 15) is 8.42 Å². The predicted molar refractivity (Wildman–Crippen MR) is 76.1 cm³/mol. The molecular weight excluding hydrogens is 262 g/mol. The lowest BCUT2D eigenvalue weighted by atomic mass is 10.1. The minimum absolute atomic E-state index is 0.0245. The summed E-state index contributed by atoms with van der Waals surface area (Å²) in [5.74, 6) is 0. The summed E-state index contributed by atoms with van der Waals surface area (Å²) in [6, 6.07) is 9.98. The van der Waals surface area contributed by atoms with E-state index in [0.717, 1.165) is 12.0 Å². The van der Waals surface area contributed by atoms with Gasteiger partial charge in [0.1, 0.15) is 0 Å². The number of nitrogens with one attached hydrogen (secondary N) is 1. The van der Waals surface area contributed by atoms with Crippen molar-refractivity contribution in [3.05, 3.63) is 35.9 Å². The van der Waals surface area contributed by atoms with E-state index in [2.05, 4.69) is 5.32 Å². The van der Waals surface area contributed by atoms with Crippen molar-refractivity contribution < 1.29 is 8.42 Å². The van der Waals surface area contributed by atoms with Crippen molar-refractivity contribution >= 4 is 10.2 Å². The van der Waals surface area contributed by atoms with Crippen LogP contribution in [-0.2, 0) is 16.6 Å². The van der Waals surface area contributed by atoms with Gasteiger partial charge in [0.25, 0.3) is 10.2 Å². The second-order valence-electron chi connectivity index (χ2n) is 4.95. The van der Waals surface area contributed by atoms with Gasteiger partial charge < -0.3 is 5.32 Å². The van der Waals surface area contributed by atoms with Crippen LogP contribution in [0.3, 0.4) is 0 Å². The van der Waals surface area contributed by atoms with Crippen LogP contribution in [0.1, 0.15) is 5.56 Å². The van der Waals surface area contributed by atoms with Crippen LogP contribution in [0.5, 0.6) is 0 Å². The maximum Gasteiger partial charge on any atom is 0.281 e. The molecule has 2 rings (SSSR count). The summed E-state index contributed by atoms with van der Waals surface area (Å²) in [5.41, 5.74) is 1.16. The quantitative estimate of drug-likeness (QED) is 0.865. The van der Waals surface area contributed by atoms with Crippen LogP contribution >= 0.6 is 0 Å². The molecule has 6 heteroatoms. The third-order valence-corrected chi connectivity index (χ3v) is 5.36. The molecule has 1 aliphatic rings. The summed E-state index contributed by atoms with van der Waals surface area (Å²) < 4.78 is 27.5. The van der Waals surface area contributed by atoms with Crippen LogP contribution in [0.25, 0.3) is 0 Å². The molecule has 0 spiro atoms. The average molecular weight is 283 g/mol. The number of nitrogens with zero attached hydrogens (tertiary/aromatic N) is 2. The van der Waals surface area contributed by atoms with E-state index in [0.29, 0.717) is 19.6 Å². The van der Waals surface area contributed by atoms with Gasteiger partial charge in [-0.3, -0.25) is 0 Å². The monoisotopic (exact) mass is 283 g/mol. The van der Waals surface area contributed by atoms with Gasteiger partial charge in [-0.2, -0.15) is 17.0 Å². The molecule has 1 heterocycles. The fraction of sp³-hybridized carbons (Fsp3) is 0.538. The standard InChI is InChI=1S/C13H21N3O2S/c1-15(2)19(17,18)16-9-8-14-11-13(16)10-12-6-4-3-5-7-12/h3-7,13-14H,8-11H2,1-2H3. The lowest BCUT2D eigenvalue weighted by Crippen LogP contribution is -2.56. The van der Waals surface area contributed by atoms with Crippen molar-refractivity contribution in [2.45, 2.75) is 12.5 Å². The summed E-state index contributed by atoms with van der Waals surface area (Å²) in [5, 5.41) is 3.27. The van der Waals surface area contributed by atoms with Crippen molar-refractivity contribution in [2.75, 3.05) is 33.7 Å². The molecule has 0 amide bonds. The zero-order valence-corrected chi connectivity index (χ0v) is 12.2. The summed E-state index contributed by atoms with van der Waals surface area (Å²) in [6.07, 6.45) is 0.737. The number of hydrogen-bond acceptors (Lipinski definition) is 3. The van der Waals surface area contributed by atoms with Gasteiger partial charge in [-0.25, -0.2) is 0 Å². The van der Waals surface area contributed by atoms with Gasteiger partial charge in [0, 0.05) is 39.8 Å². The molecule has 1 atom stereocenters. The molecule has 1 N–H and O–H groups in total. The first kappa shape index (κ1) is 14.5. The highest BCUT2D eigenvalue weighted by Crippen LogP contribution is 2.16. The van der Waals surface area contributed by atoms with E-state index in [-0.39, 0.29) is 6.04 Å². The maximum atomic E-state index is 12.3. The first-order valence-corrected chi connectivity index (χ1v) is 7.85. The zero-order valence-electron chi connectivity index (χ0n) is 11.4. The van der Waals surface area contributed by atoms with E-state index in [1.54, 1.807) is 18.4 Å². The average Bonchev–Trinajstić information content (AvgIpc) is 2.40. The van der Waals surface area contributed by atoms with Crippen LogP contribution in [0.15, 0.2) is 30.3 Å². The van der Waals surface area contributed by atoms with Gasteiger partial charge >= 0.3 is 0 Å². The molecule has 0 aliphatic carbocycles. The van der Waals surface area contributed by atoms with Gasteiger partial charge in [0.15, 0.2) is 0 Å². The van der Waals surface area contributed by atoms with Gasteiger partial charge in [-0.1, -0.05) is 30.3 Å². The number of piperazine rings is 1. The van der Waals surface area contributed by atoms with Crippen LogP contribution < -0.4 is 5.32 Å². The van der Waals surface area contributed by atoms with Crippen molar-refractivity contribution in [1.82, 2.24) is 13.9 Å². The van der Waals surface area contributed by atoms with Crippen molar-refractivity contribution in [1.29, 1.82) is 0 Å². The Kier molecular flexibility index (Phi) is 4.57. The molecule has 1 aromatic rings. The molecule has 1 unspecified atom stereocenters. The highest BCUT2D eigenvalue weighted by Gasteiger charge is 2.33. The van der Waals surface area contributed by atoms with Gasteiger partial charge in [0.05, 0.1) is 0 Å². The molecule has 1 saturated heterocycles. The Labute approximate surface area is 115 Å². The summed E-state index contributed by atoms with van der Waals surface area (Å²) in [4.78, 5) is 0. The number of hydrogen-bond donors (Lipinski definition) is 1. The van der Waals surface area contributed by atoms with E-state index in [1.807, 2.05) is 30.3 Å². The van der Waals surface area contributed by atoms with E-state index < -0.39 is 10.2 Å². The minimum atomic E-state index is -3.34. The van der Waals surface area contributed by atoms with Crippen molar-refractivity contribution in [3.63, 3.8) is 0 Å². The maximum absolute atomic E-state index is 12.3. The summed E-state index contributed by atoms with van der Waals surface area (Å²) in [6.45, 7) is 1.93. The Hall–Kier alpha value is -0.950. The van der Waals surface area contributed by atoms with Crippen molar-refractivity contribution in [3.8, 4) is 0 Å². The largest absolute Gasteiger partial charge is 0.314 e. The molecule has 19 heavy (non-hydrogen) atoms. The minimum Gasteiger partial charge on any atom is -0.314 e. The second kappa shape index (κ2) is 6.00. The summed E-state index contributed by atoms with van der Waals surface area (Å²) in [7, 11) is -0.182. The predicted octanol–water partition coefficient (Wildman–Crippen LogP) is 0.309. The highest BCUT2D eigenvalue weighted by atomic mass is 32.2. The first-order chi connectivity index (χ1) is 9.01. The summed E-state index contributed by atoms with van der Waals surface area (Å²) >= 11 is 0. The van der Waals surface area contributed by atoms with E-state index in [4.69, 9.17) is 0 Å². The van der Waals surface area contributed by atoms with Gasteiger partial charge in [-0.05, 0) is 12.0 Å². The third-order valence-electron chi connectivity index (χ3n) is 3.37. The molecule has 5 nitrogen and oxygen atoms in total. The van der Waals surface area contributed by atoms with Crippen LogP contribution in [0.4, 0.5) is 0 Å². The molecule has 0 radical (unpaired) electrons. The van der Waals surface area contributed by atoms with E-state index in [1.165, 1.54) is 4.31 Å². The van der Waals surface area contributed by atoms with E-state index >= 15 is 0 Å². The first-order valence-electron chi connectivity index (χ1n) is 6.46.